The molecule has 2 heterocycles. The molecule has 0 fully saturated rings. The Bertz CT molecular complexity index is 831. The largest absolute Gasteiger partial charge is 0.223 e. The third-order valence-electron chi connectivity index (χ3n) is 3.37. The van der Waals surface area contributed by atoms with Crippen molar-refractivity contribution in [2.24, 2.45) is 0 Å². The fourth-order valence-corrected chi connectivity index (χ4v) is 4.36. The summed E-state index contributed by atoms with van der Waals surface area (Å²) in [4.78, 5) is 11.4. The number of thiazole rings is 2. The Morgan fingerprint density at radius 3 is 1.68 bits per heavy atom. The van der Waals surface area contributed by atoms with Gasteiger partial charge >= 0.3 is 0 Å². The predicted octanol–water partition coefficient (Wildman–Crippen LogP) is 6.05. The summed E-state index contributed by atoms with van der Waals surface area (Å²) in [6, 6.07) is 16.2. The molecule has 0 amide bonds. The number of halogens is 1. The monoisotopic (exact) mass is 342 g/mol. The quantitative estimate of drug-likeness (QED) is 0.443. The molecule has 2 nitrogen and oxygen atoms in total. The Hall–Kier alpha value is -1.75. The lowest BCUT2D eigenvalue weighted by Crippen LogP contribution is -1.76. The highest BCUT2D eigenvalue weighted by Crippen LogP contribution is 2.36. The van der Waals surface area contributed by atoms with Crippen LogP contribution in [0.1, 0.15) is 5.56 Å². The summed E-state index contributed by atoms with van der Waals surface area (Å²) in [5.41, 5.74) is 3.48. The van der Waals surface area contributed by atoms with Gasteiger partial charge in [0.15, 0.2) is 9.66 Å². The molecule has 5 heteroatoms. The van der Waals surface area contributed by atoms with Crippen LogP contribution in [0.25, 0.3) is 30.8 Å². The number of fused-ring (bicyclic) bond motifs is 1. The lowest BCUT2D eigenvalue weighted by atomic mass is 10.2. The van der Waals surface area contributed by atoms with Crippen LogP contribution in [-0.4, -0.2) is 9.97 Å². The van der Waals surface area contributed by atoms with Crippen molar-refractivity contribution in [3.05, 3.63) is 59.1 Å². The summed E-state index contributed by atoms with van der Waals surface area (Å²) in [7, 11) is 0. The number of rotatable bonds is 2. The first-order valence-electron chi connectivity index (χ1n) is 6.79. The average molecular weight is 343 g/mol. The maximum absolute atomic E-state index is 5.93. The topological polar surface area (TPSA) is 25.8 Å². The van der Waals surface area contributed by atoms with Crippen molar-refractivity contribution in [2.75, 3.05) is 0 Å². The standard InChI is InChI=1S/C17H11ClN2S2/c1-10-2-4-11(5-3-10)14-19-16-17(21-14)20-15(22-16)12-6-8-13(18)9-7-12/h2-9H,1H3. The SMILES string of the molecule is Cc1ccc(-c2nc3sc(-c4ccc(Cl)cc4)nc3s2)cc1. The second kappa shape index (κ2) is 5.47. The Morgan fingerprint density at radius 1 is 0.727 bits per heavy atom. The number of aromatic nitrogens is 2. The Balaban J connectivity index is 1.73. The zero-order valence-electron chi connectivity index (χ0n) is 11.7. The minimum atomic E-state index is 0.738. The van der Waals surface area contributed by atoms with Crippen LogP contribution in [0.15, 0.2) is 48.5 Å². The van der Waals surface area contributed by atoms with Gasteiger partial charge in [0.05, 0.1) is 0 Å². The molecule has 0 aliphatic heterocycles. The summed E-state index contributed by atoms with van der Waals surface area (Å²) in [5.74, 6) is 0. The molecule has 0 spiro atoms. The summed E-state index contributed by atoms with van der Waals surface area (Å²) < 4.78 is 0. The molecule has 0 radical (unpaired) electrons. The van der Waals surface area contributed by atoms with E-state index in [0.29, 0.717) is 0 Å². The molecule has 0 saturated carbocycles. The van der Waals surface area contributed by atoms with Crippen LogP contribution >= 0.6 is 34.3 Å². The van der Waals surface area contributed by atoms with Crippen molar-refractivity contribution in [2.45, 2.75) is 6.92 Å². The van der Waals surface area contributed by atoms with E-state index in [1.165, 1.54) is 5.56 Å². The highest BCUT2D eigenvalue weighted by Gasteiger charge is 2.12. The molecule has 22 heavy (non-hydrogen) atoms. The normalized spacial score (nSPS) is 11.2. The zero-order valence-corrected chi connectivity index (χ0v) is 14.1. The van der Waals surface area contributed by atoms with E-state index in [4.69, 9.17) is 21.6 Å². The third-order valence-corrected chi connectivity index (χ3v) is 5.74. The molecule has 4 rings (SSSR count). The van der Waals surface area contributed by atoms with Gasteiger partial charge in [0.25, 0.3) is 0 Å². The van der Waals surface area contributed by atoms with Gasteiger partial charge in [-0.05, 0) is 19.1 Å². The Labute approximate surface area is 141 Å². The van der Waals surface area contributed by atoms with Crippen LogP contribution in [0.3, 0.4) is 0 Å². The third kappa shape index (κ3) is 2.54. The van der Waals surface area contributed by atoms with Crippen LogP contribution in [0.5, 0.6) is 0 Å². The highest BCUT2D eigenvalue weighted by atomic mass is 35.5. The molecule has 2 aromatic heterocycles. The van der Waals surface area contributed by atoms with Crippen molar-refractivity contribution in [1.82, 2.24) is 9.97 Å². The number of aryl methyl sites for hydroxylation is 1. The molecule has 108 valence electrons. The van der Waals surface area contributed by atoms with Gasteiger partial charge < -0.3 is 0 Å². The minimum Gasteiger partial charge on any atom is -0.223 e. The van der Waals surface area contributed by atoms with E-state index in [2.05, 4.69) is 31.2 Å². The van der Waals surface area contributed by atoms with Crippen LogP contribution in [0.2, 0.25) is 5.02 Å². The predicted molar refractivity (Wildman–Crippen MR) is 95.9 cm³/mol. The molecule has 0 unspecified atom stereocenters. The van der Waals surface area contributed by atoms with E-state index in [1.807, 2.05) is 24.3 Å². The number of hydrogen-bond acceptors (Lipinski definition) is 4. The van der Waals surface area contributed by atoms with E-state index >= 15 is 0 Å². The smallest absolute Gasteiger partial charge is 0.155 e. The van der Waals surface area contributed by atoms with Crippen molar-refractivity contribution >= 4 is 43.9 Å². The van der Waals surface area contributed by atoms with Gasteiger partial charge in [-0.25, -0.2) is 9.97 Å². The second-order valence-corrected chi connectivity index (χ2v) is 7.41. The number of benzene rings is 2. The van der Waals surface area contributed by atoms with E-state index in [0.717, 1.165) is 35.8 Å². The zero-order chi connectivity index (χ0) is 15.1. The van der Waals surface area contributed by atoms with Crippen molar-refractivity contribution in [3.63, 3.8) is 0 Å². The lowest BCUT2D eigenvalue weighted by Gasteiger charge is -1.97. The van der Waals surface area contributed by atoms with Gasteiger partial charge in [0, 0.05) is 16.1 Å². The second-order valence-electron chi connectivity index (χ2n) is 5.02. The summed E-state index contributed by atoms with van der Waals surface area (Å²) >= 11 is 9.19. The highest BCUT2D eigenvalue weighted by molar-refractivity contribution is 7.29. The minimum absolute atomic E-state index is 0.738. The first-order valence-corrected chi connectivity index (χ1v) is 8.80. The summed E-state index contributed by atoms with van der Waals surface area (Å²) in [6.07, 6.45) is 0. The van der Waals surface area contributed by atoms with Crippen LogP contribution < -0.4 is 0 Å². The summed E-state index contributed by atoms with van der Waals surface area (Å²) in [5, 5.41) is 2.75. The lowest BCUT2D eigenvalue weighted by molar-refractivity contribution is 1.44. The molecule has 0 aliphatic carbocycles. The molecule has 0 atom stereocenters. The average Bonchev–Trinajstić information content (AvgIpc) is 3.07. The molecule has 2 aromatic carbocycles. The summed E-state index contributed by atoms with van der Waals surface area (Å²) in [6.45, 7) is 2.09. The van der Waals surface area contributed by atoms with E-state index in [-0.39, 0.29) is 0 Å². The Morgan fingerprint density at radius 2 is 1.18 bits per heavy atom. The molecule has 0 saturated heterocycles. The van der Waals surface area contributed by atoms with Gasteiger partial charge in [-0.3, -0.25) is 0 Å². The van der Waals surface area contributed by atoms with E-state index < -0.39 is 0 Å². The number of nitrogens with zero attached hydrogens (tertiary/aromatic N) is 2. The Kier molecular flexibility index (Phi) is 3.45. The fourth-order valence-electron chi connectivity index (χ4n) is 2.18. The molecular formula is C17H11ClN2S2. The first kappa shape index (κ1) is 13.9. The van der Waals surface area contributed by atoms with Crippen molar-refractivity contribution in [3.8, 4) is 21.1 Å². The van der Waals surface area contributed by atoms with Gasteiger partial charge in [0.2, 0.25) is 0 Å². The van der Waals surface area contributed by atoms with Crippen molar-refractivity contribution < 1.29 is 0 Å². The molecule has 4 aromatic rings. The molecule has 0 N–H and O–H groups in total. The van der Waals surface area contributed by atoms with Gasteiger partial charge in [-0.1, -0.05) is 76.2 Å². The van der Waals surface area contributed by atoms with Gasteiger partial charge in [0.1, 0.15) is 10.0 Å². The molecular weight excluding hydrogens is 332 g/mol. The maximum Gasteiger partial charge on any atom is 0.155 e. The van der Waals surface area contributed by atoms with Crippen molar-refractivity contribution in [1.29, 1.82) is 0 Å². The van der Waals surface area contributed by atoms with Gasteiger partial charge in [-0.15, -0.1) is 0 Å². The fraction of sp³-hybridized carbons (Fsp3) is 0.0588. The van der Waals surface area contributed by atoms with E-state index in [9.17, 15) is 0 Å². The molecule has 0 bridgehead atoms. The van der Waals surface area contributed by atoms with Crippen LogP contribution in [0, 0.1) is 6.92 Å². The molecule has 0 aliphatic rings. The maximum atomic E-state index is 5.93. The van der Waals surface area contributed by atoms with Crippen LogP contribution in [-0.2, 0) is 0 Å². The van der Waals surface area contributed by atoms with E-state index in [1.54, 1.807) is 22.7 Å². The van der Waals surface area contributed by atoms with Crippen LogP contribution in [0.4, 0.5) is 0 Å². The van der Waals surface area contributed by atoms with Gasteiger partial charge in [-0.2, -0.15) is 0 Å². The first-order chi connectivity index (χ1) is 10.7. The number of hydrogen-bond donors (Lipinski definition) is 0.